The van der Waals surface area contributed by atoms with Crippen LogP contribution in [-0.4, -0.2) is 16.6 Å². The molecule has 0 fully saturated rings. The van der Waals surface area contributed by atoms with Crippen LogP contribution in [0.3, 0.4) is 0 Å². The van der Waals surface area contributed by atoms with Gasteiger partial charge in [-0.2, -0.15) is 0 Å². The molecule has 1 heterocycles. The Morgan fingerprint density at radius 1 is 1.11 bits per heavy atom. The van der Waals surface area contributed by atoms with E-state index in [0.717, 1.165) is 24.3 Å². The third-order valence-corrected chi connectivity index (χ3v) is 4.86. The highest BCUT2D eigenvalue weighted by Gasteiger charge is 2.31. The zero-order valence-corrected chi connectivity index (χ0v) is 16.9. The van der Waals surface area contributed by atoms with Gasteiger partial charge in [0, 0.05) is 6.54 Å². The summed E-state index contributed by atoms with van der Waals surface area (Å²) in [6.07, 6.45) is 7.18. The Kier molecular flexibility index (Phi) is 8.68. The molecule has 0 aliphatic heterocycles. The Balaban J connectivity index is 2.12. The van der Waals surface area contributed by atoms with Crippen LogP contribution in [0, 0.1) is 5.82 Å². The first kappa shape index (κ1) is 22.1. The molecule has 0 aliphatic carbocycles. The predicted octanol–water partition coefficient (Wildman–Crippen LogP) is 5.95. The van der Waals surface area contributed by atoms with Gasteiger partial charge in [0.2, 0.25) is 0 Å². The van der Waals surface area contributed by atoms with Crippen LogP contribution in [0.1, 0.15) is 56.1 Å². The second-order valence-corrected chi connectivity index (χ2v) is 7.29. The largest absolute Gasteiger partial charge is 0.462 e. The highest BCUT2D eigenvalue weighted by molar-refractivity contribution is 5.17. The van der Waals surface area contributed by atoms with Crippen LogP contribution < -0.4 is 0 Å². The molecule has 0 radical (unpaired) electrons. The molecule has 152 valence electrons. The normalized spacial score (nSPS) is 11.7. The lowest BCUT2D eigenvalue weighted by atomic mass is 9.89. The number of rotatable bonds is 13. The number of furan rings is 1. The van der Waals surface area contributed by atoms with Crippen molar-refractivity contribution in [3.05, 3.63) is 84.6 Å². The molecule has 2 aromatic rings. The fourth-order valence-corrected chi connectivity index (χ4v) is 3.41. The fraction of sp³-hybridized carbons (Fsp3) is 0.417. The number of benzene rings is 1. The molecule has 0 atom stereocenters. The number of halogens is 1. The standard InChI is InChI=1S/C24H32FNO2/c1-4-7-14-24(27,15-8-5-2)23-13-12-22(28-23)19-26(16-6-3)18-20-10-9-11-21(25)17-20/h4-5,9-13,17,27H,1-2,6-8,14-16,18-19H2,3H3. The quantitative estimate of drug-likeness (QED) is 0.433. The maximum Gasteiger partial charge on any atom is 0.135 e. The summed E-state index contributed by atoms with van der Waals surface area (Å²) in [5.74, 6) is 1.17. The van der Waals surface area contributed by atoms with Gasteiger partial charge in [0.05, 0.1) is 6.54 Å². The summed E-state index contributed by atoms with van der Waals surface area (Å²) in [6, 6.07) is 10.5. The predicted molar refractivity (Wildman–Crippen MR) is 112 cm³/mol. The van der Waals surface area contributed by atoms with Crippen LogP contribution >= 0.6 is 0 Å². The summed E-state index contributed by atoms with van der Waals surface area (Å²) in [5, 5.41) is 11.1. The second kappa shape index (κ2) is 11.0. The molecule has 1 N–H and O–H groups in total. The maximum atomic E-state index is 13.5. The first-order valence-corrected chi connectivity index (χ1v) is 10.0. The van der Waals surface area contributed by atoms with E-state index in [-0.39, 0.29) is 5.82 Å². The molecule has 0 saturated carbocycles. The number of aliphatic hydroxyl groups is 1. The second-order valence-electron chi connectivity index (χ2n) is 7.29. The van der Waals surface area contributed by atoms with E-state index in [1.54, 1.807) is 12.1 Å². The van der Waals surface area contributed by atoms with E-state index in [9.17, 15) is 9.50 Å². The Morgan fingerprint density at radius 2 is 1.82 bits per heavy atom. The van der Waals surface area contributed by atoms with Gasteiger partial charge in [-0.15, -0.1) is 13.2 Å². The minimum Gasteiger partial charge on any atom is -0.462 e. The SMILES string of the molecule is C=CCCC(O)(CCC=C)c1ccc(CN(CCC)Cc2cccc(F)c2)o1. The van der Waals surface area contributed by atoms with Gasteiger partial charge in [-0.1, -0.05) is 31.2 Å². The highest BCUT2D eigenvalue weighted by Crippen LogP contribution is 2.33. The van der Waals surface area contributed by atoms with E-state index in [0.29, 0.717) is 44.5 Å². The zero-order chi connectivity index (χ0) is 20.4. The Bertz CT molecular complexity index is 741. The number of hydrogen-bond acceptors (Lipinski definition) is 3. The monoisotopic (exact) mass is 385 g/mol. The number of hydrogen-bond donors (Lipinski definition) is 1. The average molecular weight is 386 g/mol. The van der Waals surface area contributed by atoms with Crippen molar-refractivity contribution in [1.82, 2.24) is 4.90 Å². The fourth-order valence-electron chi connectivity index (χ4n) is 3.41. The van der Waals surface area contributed by atoms with Crippen molar-refractivity contribution >= 4 is 0 Å². The topological polar surface area (TPSA) is 36.6 Å². The van der Waals surface area contributed by atoms with Crippen molar-refractivity contribution < 1.29 is 13.9 Å². The Morgan fingerprint density at radius 3 is 2.43 bits per heavy atom. The molecular weight excluding hydrogens is 353 g/mol. The van der Waals surface area contributed by atoms with Crippen LogP contribution in [0.15, 0.2) is 66.1 Å². The summed E-state index contributed by atoms with van der Waals surface area (Å²) in [4.78, 5) is 2.23. The summed E-state index contributed by atoms with van der Waals surface area (Å²) in [7, 11) is 0. The van der Waals surface area contributed by atoms with Crippen LogP contribution in [0.5, 0.6) is 0 Å². The smallest absolute Gasteiger partial charge is 0.135 e. The lowest BCUT2D eigenvalue weighted by Crippen LogP contribution is -2.25. The molecule has 28 heavy (non-hydrogen) atoms. The molecule has 1 aromatic heterocycles. The molecule has 0 bridgehead atoms. The molecule has 1 aromatic carbocycles. The third-order valence-electron chi connectivity index (χ3n) is 4.86. The van der Waals surface area contributed by atoms with Crippen LogP contribution in [0.25, 0.3) is 0 Å². The van der Waals surface area contributed by atoms with Gasteiger partial charge in [-0.3, -0.25) is 4.90 Å². The van der Waals surface area contributed by atoms with Gasteiger partial charge in [-0.25, -0.2) is 4.39 Å². The molecule has 4 heteroatoms. The Hall–Kier alpha value is -2.17. The van der Waals surface area contributed by atoms with Gasteiger partial charge in [-0.05, 0) is 68.5 Å². The third kappa shape index (κ3) is 6.47. The molecule has 0 saturated heterocycles. The molecular formula is C24H32FNO2. The number of allylic oxidation sites excluding steroid dienone is 2. The van der Waals surface area contributed by atoms with Crippen LogP contribution in [-0.2, 0) is 18.7 Å². The molecule has 2 rings (SSSR count). The minimum atomic E-state index is -1.02. The van der Waals surface area contributed by atoms with Gasteiger partial charge in [0.25, 0.3) is 0 Å². The summed E-state index contributed by atoms with van der Waals surface area (Å²) < 4.78 is 19.5. The average Bonchev–Trinajstić information content (AvgIpc) is 3.14. The number of nitrogens with zero attached hydrogens (tertiary/aromatic N) is 1. The van der Waals surface area contributed by atoms with Crippen molar-refractivity contribution in [2.45, 2.75) is 57.7 Å². The minimum absolute atomic E-state index is 0.219. The van der Waals surface area contributed by atoms with Gasteiger partial charge in [0.1, 0.15) is 22.9 Å². The van der Waals surface area contributed by atoms with Gasteiger partial charge >= 0.3 is 0 Å². The first-order chi connectivity index (χ1) is 13.5. The molecule has 0 unspecified atom stereocenters. The van der Waals surface area contributed by atoms with E-state index in [4.69, 9.17) is 4.42 Å². The van der Waals surface area contributed by atoms with E-state index < -0.39 is 5.60 Å². The van der Waals surface area contributed by atoms with Crippen molar-refractivity contribution in [2.24, 2.45) is 0 Å². The molecule has 0 spiro atoms. The highest BCUT2D eigenvalue weighted by atomic mass is 19.1. The first-order valence-electron chi connectivity index (χ1n) is 10.0. The van der Waals surface area contributed by atoms with Crippen molar-refractivity contribution in [2.75, 3.05) is 6.54 Å². The zero-order valence-electron chi connectivity index (χ0n) is 16.9. The van der Waals surface area contributed by atoms with Gasteiger partial charge in [0.15, 0.2) is 0 Å². The molecule has 0 amide bonds. The van der Waals surface area contributed by atoms with Crippen LogP contribution in [0.4, 0.5) is 4.39 Å². The van der Waals surface area contributed by atoms with Gasteiger partial charge < -0.3 is 9.52 Å². The van der Waals surface area contributed by atoms with E-state index in [2.05, 4.69) is 25.0 Å². The van der Waals surface area contributed by atoms with Crippen LogP contribution in [0.2, 0.25) is 0 Å². The molecule has 3 nitrogen and oxygen atoms in total. The Labute approximate surface area is 168 Å². The van der Waals surface area contributed by atoms with Crippen molar-refractivity contribution in [3.63, 3.8) is 0 Å². The van der Waals surface area contributed by atoms with Crippen molar-refractivity contribution in [3.8, 4) is 0 Å². The van der Waals surface area contributed by atoms with E-state index in [1.807, 2.05) is 30.4 Å². The lowest BCUT2D eigenvalue weighted by Gasteiger charge is -2.25. The maximum absolute atomic E-state index is 13.5. The summed E-state index contributed by atoms with van der Waals surface area (Å²) in [6.45, 7) is 11.8. The molecule has 0 aliphatic rings. The van der Waals surface area contributed by atoms with Crippen molar-refractivity contribution in [1.29, 1.82) is 0 Å². The summed E-state index contributed by atoms with van der Waals surface area (Å²) in [5.41, 5.74) is -0.0765. The summed E-state index contributed by atoms with van der Waals surface area (Å²) >= 11 is 0. The lowest BCUT2D eigenvalue weighted by molar-refractivity contribution is -0.00214. The van der Waals surface area contributed by atoms with E-state index in [1.165, 1.54) is 6.07 Å². The van der Waals surface area contributed by atoms with E-state index >= 15 is 0 Å².